The molecule has 0 nitrogen and oxygen atoms in total. The first kappa shape index (κ1) is 16.8. The van der Waals surface area contributed by atoms with E-state index in [1.54, 1.807) is 0 Å². The summed E-state index contributed by atoms with van der Waals surface area (Å²) in [5.74, 6) is 2.62. The Morgan fingerprint density at radius 2 is 1.15 bits per heavy atom. The fourth-order valence-electron chi connectivity index (χ4n) is 0.514. The second-order valence-electron chi connectivity index (χ2n) is 2.49. The molecule has 0 rings (SSSR count). The zero-order valence-corrected chi connectivity index (χ0v) is 11.1. The largest absolute Gasteiger partial charge is 0.0817 e. The lowest BCUT2D eigenvalue weighted by Crippen LogP contribution is -1.72. The van der Waals surface area contributed by atoms with Gasteiger partial charge in [-0.3, -0.25) is 0 Å². The van der Waals surface area contributed by atoms with Crippen LogP contribution in [0.3, 0.4) is 0 Å². The fraction of sp³-hybridized carbons (Fsp3) is 1.00. The number of hydrogen-bond acceptors (Lipinski definition) is 4. The molecule has 0 radical (unpaired) electrons. The minimum atomic E-state index is 0. The molecule has 4 heteroatoms. The van der Waals surface area contributed by atoms with E-state index in [2.05, 4.69) is 13.8 Å². The quantitative estimate of drug-likeness (QED) is 0.373. The van der Waals surface area contributed by atoms with Crippen LogP contribution in [0.2, 0.25) is 0 Å². The third-order valence-corrected chi connectivity index (χ3v) is 7.92. The van der Waals surface area contributed by atoms with Gasteiger partial charge >= 0.3 is 0 Å². The SMILES string of the molecule is C.CCCCSSSSCCCC. The van der Waals surface area contributed by atoms with Crippen molar-refractivity contribution in [1.29, 1.82) is 0 Å². The molecule has 0 aliphatic heterocycles. The van der Waals surface area contributed by atoms with Crippen molar-refractivity contribution in [1.82, 2.24) is 0 Å². The van der Waals surface area contributed by atoms with Crippen LogP contribution in [0.15, 0.2) is 0 Å². The van der Waals surface area contributed by atoms with Gasteiger partial charge in [0, 0.05) is 11.5 Å². The van der Waals surface area contributed by atoms with Crippen LogP contribution < -0.4 is 0 Å². The lowest BCUT2D eigenvalue weighted by atomic mass is 10.4. The fourth-order valence-corrected chi connectivity index (χ4v) is 6.95. The highest BCUT2D eigenvalue weighted by molar-refractivity contribution is 9.26. The van der Waals surface area contributed by atoms with Crippen molar-refractivity contribution in [3.63, 3.8) is 0 Å². The molecule has 13 heavy (non-hydrogen) atoms. The number of hydrogen-bond donors (Lipinski definition) is 0. The summed E-state index contributed by atoms with van der Waals surface area (Å²) in [7, 11) is 7.87. The van der Waals surface area contributed by atoms with Gasteiger partial charge in [0.15, 0.2) is 0 Å². The normalized spacial score (nSPS) is 9.69. The minimum Gasteiger partial charge on any atom is -0.0817 e. The standard InChI is InChI=1S/C8H18S4.CH4/c1-3-5-7-9-11-12-10-8-6-4-2;/h3-8H2,1-2H3;1H4. The van der Waals surface area contributed by atoms with Crippen molar-refractivity contribution >= 4 is 41.2 Å². The molecule has 82 valence electrons. The first-order valence-corrected chi connectivity index (χ1v) is 9.65. The molecular formula is C9H22S4. The number of unbranched alkanes of at least 4 members (excludes halogenated alkanes) is 2. The molecule has 0 amide bonds. The zero-order chi connectivity index (χ0) is 9.07. The molecule has 0 saturated heterocycles. The van der Waals surface area contributed by atoms with Gasteiger partial charge in [-0.15, -0.1) is 0 Å². The maximum absolute atomic E-state index is 2.24. The molecule has 0 aromatic heterocycles. The highest BCUT2D eigenvalue weighted by Gasteiger charge is 1.91. The van der Waals surface area contributed by atoms with Crippen molar-refractivity contribution in [2.75, 3.05) is 11.5 Å². The Kier molecular flexibility index (Phi) is 20.5. The van der Waals surface area contributed by atoms with Crippen LogP contribution in [-0.4, -0.2) is 11.5 Å². The van der Waals surface area contributed by atoms with Crippen molar-refractivity contribution < 1.29 is 0 Å². The Morgan fingerprint density at radius 1 is 0.769 bits per heavy atom. The van der Waals surface area contributed by atoms with Gasteiger partial charge < -0.3 is 0 Å². The highest BCUT2D eigenvalue weighted by atomic mass is 33.7. The molecule has 0 bridgehead atoms. The summed E-state index contributed by atoms with van der Waals surface area (Å²) in [5, 5.41) is 0. The average molecular weight is 259 g/mol. The molecular weight excluding hydrogens is 236 g/mol. The first-order chi connectivity index (χ1) is 5.91. The van der Waals surface area contributed by atoms with E-state index in [9.17, 15) is 0 Å². The van der Waals surface area contributed by atoms with Crippen LogP contribution >= 0.6 is 41.2 Å². The Balaban J connectivity index is 0. The summed E-state index contributed by atoms with van der Waals surface area (Å²) in [6.07, 6.45) is 5.36. The van der Waals surface area contributed by atoms with Crippen LogP contribution in [0.1, 0.15) is 47.0 Å². The van der Waals surface area contributed by atoms with Crippen molar-refractivity contribution in [2.45, 2.75) is 47.0 Å². The molecule has 0 unspecified atom stereocenters. The Morgan fingerprint density at radius 3 is 1.46 bits per heavy atom. The van der Waals surface area contributed by atoms with E-state index in [4.69, 9.17) is 0 Å². The molecule has 0 N–H and O–H groups in total. The maximum atomic E-state index is 2.24. The van der Waals surface area contributed by atoms with Crippen LogP contribution in [-0.2, 0) is 0 Å². The first-order valence-electron chi connectivity index (χ1n) is 4.49. The van der Waals surface area contributed by atoms with E-state index in [0.717, 1.165) is 0 Å². The second kappa shape index (κ2) is 15.9. The van der Waals surface area contributed by atoms with Gasteiger partial charge in [0.25, 0.3) is 0 Å². The Labute approximate surface area is 99.4 Å². The molecule has 0 spiro atoms. The van der Waals surface area contributed by atoms with Gasteiger partial charge in [-0.2, -0.15) is 0 Å². The van der Waals surface area contributed by atoms with Crippen molar-refractivity contribution in [3.05, 3.63) is 0 Å². The molecule has 0 saturated carbocycles. The van der Waals surface area contributed by atoms with Gasteiger partial charge in [-0.05, 0) is 32.5 Å². The topological polar surface area (TPSA) is 0 Å². The van der Waals surface area contributed by atoms with E-state index in [1.165, 1.54) is 37.2 Å². The summed E-state index contributed by atoms with van der Waals surface area (Å²) in [4.78, 5) is 0. The van der Waals surface area contributed by atoms with Gasteiger partial charge in [0.1, 0.15) is 0 Å². The summed E-state index contributed by atoms with van der Waals surface area (Å²) < 4.78 is 0. The van der Waals surface area contributed by atoms with Gasteiger partial charge in [0.2, 0.25) is 0 Å². The van der Waals surface area contributed by atoms with Gasteiger partial charge in [-0.1, -0.05) is 55.7 Å². The summed E-state index contributed by atoms with van der Waals surface area (Å²) >= 11 is 0. The molecule has 0 aromatic carbocycles. The van der Waals surface area contributed by atoms with E-state index in [1.807, 2.05) is 41.2 Å². The molecule has 0 aliphatic carbocycles. The van der Waals surface area contributed by atoms with Gasteiger partial charge in [0.05, 0.1) is 0 Å². The molecule has 0 aromatic rings. The summed E-state index contributed by atoms with van der Waals surface area (Å²) in [6.45, 7) is 4.49. The number of rotatable bonds is 9. The van der Waals surface area contributed by atoms with Crippen LogP contribution in [0.4, 0.5) is 0 Å². The molecule has 0 fully saturated rings. The van der Waals surface area contributed by atoms with Crippen LogP contribution in [0, 0.1) is 0 Å². The minimum absolute atomic E-state index is 0. The highest BCUT2D eigenvalue weighted by Crippen LogP contribution is 2.43. The third-order valence-electron chi connectivity index (χ3n) is 1.29. The zero-order valence-electron chi connectivity index (χ0n) is 7.88. The Hall–Kier alpha value is 1.40. The lowest BCUT2D eigenvalue weighted by molar-refractivity contribution is 0.898. The molecule has 0 atom stereocenters. The average Bonchev–Trinajstić information content (AvgIpc) is 2.10. The monoisotopic (exact) mass is 258 g/mol. The van der Waals surface area contributed by atoms with Crippen LogP contribution in [0.25, 0.3) is 0 Å². The van der Waals surface area contributed by atoms with Gasteiger partial charge in [-0.25, -0.2) is 0 Å². The van der Waals surface area contributed by atoms with Crippen molar-refractivity contribution in [3.8, 4) is 0 Å². The van der Waals surface area contributed by atoms with Crippen molar-refractivity contribution in [2.24, 2.45) is 0 Å². The van der Waals surface area contributed by atoms with E-state index >= 15 is 0 Å². The lowest BCUT2D eigenvalue weighted by Gasteiger charge is -1.98. The maximum Gasteiger partial charge on any atom is 0.00453 e. The second-order valence-corrected chi connectivity index (χ2v) is 8.73. The third kappa shape index (κ3) is 16.1. The predicted octanol–water partition coefficient (Wildman–Crippen LogP) is 5.90. The smallest absolute Gasteiger partial charge is 0.00453 e. The predicted molar refractivity (Wildman–Crippen MR) is 76.6 cm³/mol. The van der Waals surface area contributed by atoms with E-state index < -0.39 is 0 Å². The summed E-state index contributed by atoms with van der Waals surface area (Å²) in [5.41, 5.74) is 0. The molecule has 0 aliphatic rings. The Bertz CT molecular complexity index is 68.0. The van der Waals surface area contributed by atoms with Crippen LogP contribution in [0.5, 0.6) is 0 Å². The van der Waals surface area contributed by atoms with E-state index in [-0.39, 0.29) is 7.43 Å². The van der Waals surface area contributed by atoms with E-state index in [0.29, 0.717) is 0 Å². The molecule has 0 heterocycles. The summed E-state index contributed by atoms with van der Waals surface area (Å²) in [6, 6.07) is 0.